The molecule has 0 aliphatic rings. The number of amides is 1. The van der Waals surface area contributed by atoms with Crippen molar-refractivity contribution in [2.75, 3.05) is 7.11 Å². The standard InChI is InChI=1S/C22H22IN3O2/c1-14-7-5-6-8-20(14)26-15(2)11-18(16(26)3)13-24-25-22(27)17-9-10-19(23)21(12-17)28-4/h5-13H,1-4H3,(H,25,27)/b24-13-. The van der Waals surface area contributed by atoms with E-state index in [0.717, 1.165) is 26.2 Å². The number of nitrogens with zero attached hydrogens (tertiary/aromatic N) is 2. The molecule has 0 saturated heterocycles. The molecule has 3 rings (SSSR count). The summed E-state index contributed by atoms with van der Waals surface area (Å²) < 4.78 is 8.41. The summed E-state index contributed by atoms with van der Waals surface area (Å²) in [6, 6.07) is 15.6. The van der Waals surface area contributed by atoms with E-state index in [0.29, 0.717) is 11.3 Å². The normalized spacial score (nSPS) is 11.0. The van der Waals surface area contributed by atoms with Crippen LogP contribution in [0.25, 0.3) is 5.69 Å². The van der Waals surface area contributed by atoms with Gasteiger partial charge in [0.2, 0.25) is 0 Å². The molecular weight excluding hydrogens is 465 g/mol. The summed E-state index contributed by atoms with van der Waals surface area (Å²) in [5.74, 6) is 0.387. The van der Waals surface area contributed by atoms with E-state index in [2.05, 4.69) is 69.7 Å². The molecule has 0 radical (unpaired) electrons. The predicted molar refractivity (Wildman–Crippen MR) is 121 cm³/mol. The Morgan fingerprint density at radius 3 is 2.61 bits per heavy atom. The summed E-state index contributed by atoms with van der Waals surface area (Å²) in [7, 11) is 1.58. The lowest BCUT2D eigenvalue weighted by Gasteiger charge is -2.12. The molecule has 3 aromatic rings. The zero-order valence-corrected chi connectivity index (χ0v) is 18.4. The second-order valence-corrected chi connectivity index (χ2v) is 7.66. The van der Waals surface area contributed by atoms with Crippen LogP contribution in [-0.4, -0.2) is 23.8 Å². The predicted octanol–water partition coefficient (Wildman–Crippen LogP) is 4.78. The van der Waals surface area contributed by atoms with Crippen LogP contribution in [0.15, 0.2) is 53.6 Å². The molecule has 5 nitrogen and oxygen atoms in total. The molecule has 144 valence electrons. The Labute approximate surface area is 178 Å². The highest BCUT2D eigenvalue weighted by atomic mass is 127. The number of aromatic nitrogens is 1. The third-order valence-corrected chi connectivity index (χ3v) is 5.50. The monoisotopic (exact) mass is 487 g/mol. The van der Waals surface area contributed by atoms with Gasteiger partial charge >= 0.3 is 0 Å². The van der Waals surface area contributed by atoms with Crippen molar-refractivity contribution in [2.45, 2.75) is 20.8 Å². The molecular formula is C22H22IN3O2. The maximum Gasteiger partial charge on any atom is 0.271 e. The number of aryl methyl sites for hydroxylation is 2. The Balaban J connectivity index is 1.79. The quantitative estimate of drug-likeness (QED) is 0.320. The maximum atomic E-state index is 12.3. The molecule has 28 heavy (non-hydrogen) atoms. The Morgan fingerprint density at radius 2 is 1.89 bits per heavy atom. The molecule has 1 N–H and O–H groups in total. The minimum absolute atomic E-state index is 0.279. The van der Waals surface area contributed by atoms with Crippen LogP contribution < -0.4 is 10.2 Å². The number of hydrogen-bond acceptors (Lipinski definition) is 3. The van der Waals surface area contributed by atoms with Crippen molar-refractivity contribution in [3.05, 3.63) is 80.2 Å². The maximum absolute atomic E-state index is 12.3. The number of halogens is 1. The molecule has 1 aromatic heterocycles. The van der Waals surface area contributed by atoms with E-state index in [1.807, 2.05) is 25.1 Å². The SMILES string of the molecule is COc1cc(C(=O)N/N=C\c2cc(C)n(-c3ccccc3C)c2C)ccc1I. The molecule has 0 saturated carbocycles. The molecule has 0 aliphatic heterocycles. The van der Waals surface area contributed by atoms with Crippen molar-refractivity contribution in [3.8, 4) is 11.4 Å². The highest BCUT2D eigenvalue weighted by molar-refractivity contribution is 14.1. The van der Waals surface area contributed by atoms with Crippen molar-refractivity contribution in [2.24, 2.45) is 5.10 Å². The molecule has 0 bridgehead atoms. The van der Waals surface area contributed by atoms with E-state index in [4.69, 9.17) is 4.74 Å². The number of benzene rings is 2. The second-order valence-electron chi connectivity index (χ2n) is 6.50. The van der Waals surface area contributed by atoms with Gasteiger partial charge in [-0.2, -0.15) is 5.10 Å². The van der Waals surface area contributed by atoms with Gasteiger partial charge in [0.25, 0.3) is 5.91 Å². The van der Waals surface area contributed by atoms with Gasteiger partial charge < -0.3 is 9.30 Å². The third kappa shape index (κ3) is 4.11. The Bertz CT molecular complexity index is 1050. The lowest BCUT2D eigenvalue weighted by Crippen LogP contribution is -2.17. The summed E-state index contributed by atoms with van der Waals surface area (Å²) in [6.07, 6.45) is 1.68. The fourth-order valence-corrected chi connectivity index (χ4v) is 3.69. The zero-order valence-electron chi connectivity index (χ0n) is 16.3. The minimum atomic E-state index is -0.279. The van der Waals surface area contributed by atoms with Gasteiger partial charge in [0.1, 0.15) is 5.75 Å². The summed E-state index contributed by atoms with van der Waals surface area (Å²) in [6.45, 7) is 6.21. The first-order chi connectivity index (χ1) is 13.4. The van der Waals surface area contributed by atoms with Crippen LogP contribution in [0.3, 0.4) is 0 Å². The first-order valence-corrected chi connectivity index (χ1v) is 9.92. The molecule has 0 unspecified atom stereocenters. The van der Waals surface area contributed by atoms with E-state index in [9.17, 15) is 4.79 Å². The number of hydrogen-bond donors (Lipinski definition) is 1. The number of ether oxygens (including phenoxy) is 1. The van der Waals surface area contributed by atoms with Crippen LogP contribution in [0.5, 0.6) is 5.75 Å². The molecule has 0 atom stereocenters. The van der Waals surface area contributed by atoms with Gasteiger partial charge in [-0.05, 0) is 79.3 Å². The van der Waals surface area contributed by atoms with Crippen molar-refractivity contribution >= 4 is 34.7 Å². The van der Waals surface area contributed by atoms with Gasteiger partial charge in [0.05, 0.1) is 16.9 Å². The summed E-state index contributed by atoms with van der Waals surface area (Å²) >= 11 is 2.16. The topological polar surface area (TPSA) is 55.6 Å². The minimum Gasteiger partial charge on any atom is -0.496 e. The molecule has 2 aromatic carbocycles. The molecule has 0 fully saturated rings. The number of methoxy groups -OCH3 is 1. The van der Waals surface area contributed by atoms with Crippen LogP contribution >= 0.6 is 22.6 Å². The van der Waals surface area contributed by atoms with Crippen LogP contribution in [0.4, 0.5) is 0 Å². The highest BCUT2D eigenvalue weighted by Gasteiger charge is 2.12. The third-order valence-electron chi connectivity index (χ3n) is 4.61. The van der Waals surface area contributed by atoms with E-state index in [1.165, 1.54) is 5.56 Å². The summed E-state index contributed by atoms with van der Waals surface area (Å²) in [5.41, 5.74) is 8.58. The molecule has 0 aliphatic carbocycles. The van der Waals surface area contributed by atoms with Crippen LogP contribution in [-0.2, 0) is 0 Å². The van der Waals surface area contributed by atoms with Gasteiger partial charge in [-0.15, -0.1) is 0 Å². The Morgan fingerprint density at radius 1 is 1.14 bits per heavy atom. The van der Waals surface area contributed by atoms with Crippen molar-refractivity contribution in [3.63, 3.8) is 0 Å². The van der Waals surface area contributed by atoms with Crippen molar-refractivity contribution in [1.29, 1.82) is 0 Å². The van der Waals surface area contributed by atoms with Crippen LogP contribution in [0.2, 0.25) is 0 Å². The number of para-hydroxylation sites is 1. The number of nitrogens with one attached hydrogen (secondary N) is 1. The van der Waals surface area contributed by atoms with E-state index in [1.54, 1.807) is 25.5 Å². The summed E-state index contributed by atoms with van der Waals surface area (Å²) in [5, 5.41) is 4.15. The number of carbonyl (C=O) groups excluding carboxylic acids is 1. The lowest BCUT2D eigenvalue weighted by molar-refractivity contribution is 0.0954. The average molecular weight is 487 g/mol. The number of hydrazone groups is 1. The largest absolute Gasteiger partial charge is 0.496 e. The number of carbonyl (C=O) groups is 1. The van der Waals surface area contributed by atoms with E-state index in [-0.39, 0.29) is 5.91 Å². The first-order valence-electron chi connectivity index (χ1n) is 8.84. The smallest absolute Gasteiger partial charge is 0.271 e. The van der Waals surface area contributed by atoms with Crippen LogP contribution in [0.1, 0.15) is 32.9 Å². The van der Waals surface area contributed by atoms with Crippen molar-refractivity contribution < 1.29 is 9.53 Å². The van der Waals surface area contributed by atoms with E-state index >= 15 is 0 Å². The van der Waals surface area contributed by atoms with Gasteiger partial charge in [-0.3, -0.25) is 4.79 Å². The fraction of sp³-hybridized carbons (Fsp3) is 0.182. The summed E-state index contributed by atoms with van der Waals surface area (Å²) in [4.78, 5) is 12.3. The van der Waals surface area contributed by atoms with E-state index < -0.39 is 0 Å². The number of rotatable bonds is 5. The molecule has 6 heteroatoms. The Kier molecular flexibility index (Phi) is 6.18. The average Bonchev–Trinajstić information content (AvgIpc) is 2.96. The Hall–Kier alpha value is -2.61. The fourth-order valence-electron chi connectivity index (χ4n) is 3.13. The molecule has 0 spiro atoms. The van der Waals surface area contributed by atoms with Crippen molar-refractivity contribution in [1.82, 2.24) is 9.99 Å². The molecule has 1 amide bonds. The first kappa shape index (κ1) is 20.1. The van der Waals surface area contributed by atoms with Crippen LogP contribution in [0, 0.1) is 24.3 Å². The lowest BCUT2D eigenvalue weighted by atomic mass is 10.2. The van der Waals surface area contributed by atoms with Gasteiger partial charge in [-0.25, -0.2) is 5.43 Å². The van der Waals surface area contributed by atoms with Gasteiger partial charge in [0.15, 0.2) is 0 Å². The van der Waals surface area contributed by atoms with Gasteiger partial charge in [0, 0.05) is 28.2 Å². The second kappa shape index (κ2) is 8.60. The highest BCUT2D eigenvalue weighted by Crippen LogP contribution is 2.23. The zero-order chi connectivity index (χ0) is 20.3. The molecule has 1 heterocycles. The van der Waals surface area contributed by atoms with Gasteiger partial charge in [-0.1, -0.05) is 18.2 Å².